The molecule has 4 heterocycles. The lowest BCUT2D eigenvalue weighted by molar-refractivity contribution is 0.590. The average Bonchev–Trinajstić information content (AvgIpc) is 1.68. The van der Waals surface area contributed by atoms with E-state index in [2.05, 4.69) is 294 Å². The van der Waals surface area contributed by atoms with Crippen molar-refractivity contribution in [3.8, 4) is 22.3 Å². The molecular weight excluding hydrogens is 1090 g/mol. The molecule has 2 aromatic heterocycles. The first-order chi connectivity index (χ1) is 43.9. The zero-order valence-electron chi connectivity index (χ0n) is 58.6. The lowest BCUT2D eigenvalue weighted by Crippen LogP contribution is -2.60. The van der Waals surface area contributed by atoms with Gasteiger partial charge in [0.25, 0.3) is 6.71 Å². The molecule has 10 aromatic carbocycles. The van der Waals surface area contributed by atoms with Crippen molar-refractivity contribution >= 4 is 117 Å². The van der Waals surface area contributed by atoms with Gasteiger partial charge in [0.1, 0.15) is 5.58 Å². The fraction of sp³-hybridized carbons (Fsp3) is 0.244. The summed E-state index contributed by atoms with van der Waals surface area (Å²) in [6.45, 7) is 33.3. The molecule has 0 unspecified atom stereocenters. The van der Waals surface area contributed by atoms with Gasteiger partial charge in [-0.2, -0.15) is 0 Å². The van der Waals surface area contributed by atoms with Crippen LogP contribution in [0, 0.1) is 0 Å². The molecule has 0 amide bonds. The second kappa shape index (κ2) is 20.5. The first kappa shape index (κ1) is 51.5. The molecule has 14 rings (SSSR count). The van der Waals surface area contributed by atoms with Crippen molar-refractivity contribution < 1.29 is 11.3 Å². The smallest absolute Gasteiger partial charge is 0.264 e. The molecule has 6 heteroatoms. The van der Waals surface area contributed by atoms with Crippen LogP contribution in [0.1, 0.15) is 139 Å². The molecule has 2 aliphatic rings. The number of para-hydroxylation sites is 2. The zero-order chi connectivity index (χ0) is 65.9. The van der Waals surface area contributed by atoms with Gasteiger partial charge in [-0.1, -0.05) is 231 Å². The van der Waals surface area contributed by atoms with Crippen LogP contribution in [-0.2, 0) is 27.1 Å². The molecular formula is C82H80BN3OS. The highest BCUT2D eigenvalue weighted by atomic mass is 32.1. The number of anilines is 9. The number of thiophene rings is 1. The average molecular weight is 1170 g/mol. The van der Waals surface area contributed by atoms with Crippen LogP contribution in [0.2, 0.25) is 0 Å². The van der Waals surface area contributed by atoms with Gasteiger partial charge < -0.3 is 19.1 Å². The van der Waals surface area contributed by atoms with Gasteiger partial charge in [-0.05, 0) is 167 Å². The van der Waals surface area contributed by atoms with Crippen molar-refractivity contribution in [3.63, 3.8) is 0 Å². The van der Waals surface area contributed by atoms with Gasteiger partial charge in [-0.15, -0.1) is 11.3 Å². The second-order valence-corrected chi connectivity index (χ2v) is 30.6. The topological polar surface area (TPSA) is 22.9 Å². The van der Waals surface area contributed by atoms with E-state index in [-0.39, 0.29) is 63.5 Å². The van der Waals surface area contributed by atoms with Crippen molar-refractivity contribution in [1.29, 1.82) is 0 Å². The molecule has 0 saturated heterocycles. The standard InChI is InChI=1S/C82H80BN3OS/c1-78(2,3)54-30-28-51(29-31-54)53-46-70-74-71(47-53)86(67-44-36-57(81(10,11)12)48-64(67)52-22-17-16-18-23-52)75-65-49-58(82(13,14)15)37-45-73(65)88-77(75)83(74)66-43-42-61(50-69(66)85(70)68-26-21-25-63-62-24-19-20-27-72(62)87-76(63)68)84(59-38-32-55(33-39-59)79(4,5)6)60-40-34-56(35-41-60)80(7,8)9/h16-50H,1-15H3/i16D,17D,18D,22D,23D. The zero-order valence-corrected chi connectivity index (χ0v) is 54.4. The summed E-state index contributed by atoms with van der Waals surface area (Å²) < 4.78 is 56.1. The summed E-state index contributed by atoms with van der Waals surface area (Å²) in [5.74, 6) is 0. The third kappa shape index (κ3) is 9.74. The SMILES string of the molecule is [2H]c1c([2H])c([2H])c(-c2cc(C(C)(C)C)ccc2N2c3cc(-c4ccc(C(C)(C)C)cc4)cc4c3B(c3ccc(N(c5ccc(C(C)(C)C)cc5)c5ccc(C(C)(C)C)cc5)cc3N4c3cccc4c3oc3ccccc34)c3sc4ccc(C(C)(C)C)cc4c32)c([2H])c1[2H]. The van der Waals surface area contributed by atoms with Crippen LogP contribution in [-0.4, -0.2) is 6.71 Å². The van der Waals surface area contributed by atoms with Gasteiger partial charge in [-0.25, -0.2) is 0 Å². The normalized spacial score (nSPS) is 14.4. The van der Waals surface area contributed by atoms with Crippen molar-refractivity contribution in [2.75, 3.05) is 14.7 Å². The Hall–Kier alpha value is -8.58. The van der Waals surface area contributed by atoms with Gasteiger partial charge in [0, 0.05) is 65.3 Å². The fourth-order valence-corrected chi connectivity index (χ4v) is 14.6. The van der Waals surface area contributed by atoms with Crippen molar-refractivity contribution in [2.24, 2.45) is 0 Å². The highest BCUT2D eigenvalue weighted by Crippen LogP contribution is 2.54. The summed E-state index contributed by atoms with van der Waals surface area (Å²) in [5.41, 5.74) is 20.2. The van der Waals surface area contributed by atoms with E-state index in [0.717, 1.165) is 110 Å². The van der Waals surface area contributed by atoms with Gasteiger partial charge >= 0.3 is 0 Å². The molecule has 0 spiro atoms. The Kier molecular flexibility index (Phi) is 12.0. The minimum atomic E-state index is -0.426. The molecule has 88 heavy (non-hydrogen) atoms. The number of rotatable bonds is 7. The summed E-state index contributed by atoms with van der Waals surface area (Å²) in [6.07, 6.45) is 0. The Labute approximate surface area is 533 Å². The van der Waals surface area contributed by atoms with Crippen LogP contribution in [0.4, 0.5) is 51.2 Å². The molecule has 438 valence electrons. The van der Waals surface area contributed by atoms with Crippen LogP contribution >= 0.6 is 11.3 Å². The molecule has 0 N–H and O–H groups in total. The van der Waals surface area contributed by atoms with Crippen LogP contribution in [0.15, 0.2) is 217 Å². The van der Waals surface area contributed by atoms with E-state index in [1.165, 1.54) is 22.3 Å². The summed E-state index contributed by atoms with van der Waals surface area (Å²) >= 11 is 1.81. The molecule has 0 atom stereocenters. The second-order valence-electron chi connectivity index (χ2n) is 29.5. The minimum absolute atomic E-state index is 0.0475. The Bertz CT molecular complexity index is 4920. The molecule has 0 aliphatic carbocycles. The lowest BCUT2D eigenvalue weighted by Gasteiger charge is -2.44. The summed E-state index contributed by atoms with van der Waals surface area (Å²) in [4.78, 5) is 7.26. The lowest BCUT2D eigenvalue weighted by atomic mass is 9.36. The van der Waals surface area contributed by atoms with E-state index in [9.17, 15) is 5.48 Å². The Balaban J connectivity index is 1.15. The third-order valence-corrected chi connectivity index (χ3v) is 19.6. The number of benzene rings is 10. The summed E-state index contributed by atoms with van der Waals surface area (Å²) in [6, 6.07) is 65.5. The number of fused-ring (bicyclic) bond motifs is 9. The molecule has 0 saturated carbocycles. The van der Waals surface area contributed by atoms with Gasteiger partial charge in [0.05, 0.1) is 23.9 Å². The highest BCUT2D eigenvalue weighted by molar-refractivity contribution is 7.33. The van der Waals surface area contributed by atoms with E-state index in [1.54, 1.807) is 0 Å². The van der Waals surface area contributed by atoms with Gasteiger partial charge in [0.2, 0.25) is 0 Å². The summed E-state index contributed by atoms with van der Waals surface area (Å²) in [5, 5.41) is 3.12. The highest BCUT2D eigenvalue weighted by Gasteiger charge is 2.47. The number of nitrogens with zero attached hydrogens (tertiary/aromatic N) is 3. The van der Waals surface area contributed by atoms with Crippen LogP contribution in [0.25, 0.3) is 54.3 Å². The number of furan rings is 1. The largest absolute Gasteiger partial charge is 0.454 e. The van der Waals surface area contributed by atoms with Gasteiger partial charge in [0.15, 0.2) is 5.58 Å². The Morgan fingerprint density at radius 1 is 0.409 bits per heavy atom. The van der Waals surface area contributed by atoms with E-state index in [0.29, 0.717) is 11.3 Å². The molecule has 0 fully saturated rings. The van der Waals surface area contributed by atoms with Crippen LogP contribution in [0.5, 0.6) is 0 Å². The van der Waals surface area contributed by atoms with Gasteiger partial charge in [-0.3, -0.25) is 0 Å². The first-order valence-electron chi connectivity index (χ1n) is 33.6. The first-order valence-corrected chi connectivity index (χ1v) is 31.9. The fourth-order valence-electron chi connectivity index (χ4n) is 13.3. The van der Waals surface area contributed by atoms with E-state index in [4.69, 9.17) is 5.79 Å². The minimum Gasteiger partial charge on any atom is -0.454 e. The van der Waals surface area contributed by atoms with Crippen molar-refractivity contribution in [1.82, 2.24) is 0 Å². The van der Waals surface area contributed by atoms with Crippen LogP contribution < -0.4 is 30.4 Å². The van der Waals surface area contributed by atoms with Crippen LogP contribution in [0.3, 0.4) is 0 Å². The maximum atomic E-state index is 9.74. The Morgan fingerprint density at radius 2 is 0.943 bits per heavy atom. The van der Waals surface area contributed by atoms with Crippen molar-refractivity contribution in [2.45, 2.75) is 131 Å². The Morgan fingerprint density at radius 3 is 1.56 bits per heavy atom. The third-order valence-electron chi connectivity index (χ3n) is 18.3. The molecule has 12 aromatic rings. The number of hydrogen-bond donors (Lipinski definition) is 0. The molecule has 0 radical (unpaired) electrons. The maximum absolute atomic E-state index is 9.74. The predicted octanol–water partition coefficient (Wildman–Crippen LogP) is 22.2. The molecule has 2 aliphatic heterocycles. The van der Waals surface area contributed by atoms with E-state index < -0.39 is 6.04 Å². The van der Waals surface area contributed by atoms with Crippen molar-refractivity contribution in [3.05, 3.63) is 240 Å². The molecule has 4 nitrogen and oxygen atoms in total. The van der Waals surface area contributed by atoms with E-state index in [1.807, 2.05) is 17.4 Å². The molecule has 0 bridgehead atoms. The predicted molar refractivity (Wildman–Crippen MR) is 382 cm³/mol. The summed E-state index contributed by atoms with van der Waals surface area (Å²) in [7, 11) is 0. The quantitative estimate of drug-likeness (QED) is 0.148. The maximum Gasteiger partial charge on any atom is 0.264 e. The number of hydrogen-bond acceptors (Lipinski definition) is 5. The van der Waals surface area contributed by atoms with E-state index >= 15 is 0 Å². The monoisotopic (exact) mass is 1170 g/mol.